The lowest BCUT2D eigenvalue weighted by molar-refractivity contribution is 0.0256. The molecule has 7 nitrogen and oxygen atoms in total. The second kappa shape index (κ2) is 11.1. The van der Waals surface area contributed by atoms with Gasteiger partial charge in [-0.2, -0.15) is 0 Å². The van der Waals surface area contributed by atoms with Crippen LogP contribution in [-0.4, -0.2) is 68.2 Å². The van der Waals surface area contributed by atoms with Gasteiger partial charge in [0.05, 0.1) is 45.8 Å². The maximum absolute atomic E-state index is 5.39. The smallest absolute Gasteiger partial charge is 0.0701 e. The van der Waals surface area contributed by atoms with Gasteiger partial charge in [0.2, 0.25) is 0 Å². The normalized spacial score (nSPS) is 10.9. The van der Waals surface area contributed by atoms with Gasteiger partial charge in [-0.05, 0) is 0 Å². The number of nitrogens with one attached hydrogen (secondary N) is 1. The van der Waals surface area contributed by atoms with E-state index in [9.17, 15) is 0 Å². The monoisotopic (exact) mass is 258 g/mol. The first-order valence-corrected chi connectivity index (χ1v) is 6.12. The molecule has 1 aromatic rings. The zero-order chi connectivity index (χ0) is 12.9. The van der Waals surface area contributed by atoms with Crippen molar-refractivity contribution in [1.82, 2.24) is 20.3 Å². The van der Waals surface area contributed by atoms with Gasteiger partial charge in [-0.15, -0.1) is 5.10 Å². The van der Waals surface area contributed by atoms with Gasteiger partial charge in [0, 0.05) is 26.4 Å². The molecule has 0 radical (unpaired) electrons. The Bertz CT molecular complexity index is 269. The van der Waals surface area contributed by atoms with Crippen molar-refractivity contribution in [3.05, 3.63) is 12.4 Å². The maximum atomic E-state index is 5.39. The van der Waals surface area contributed by atoms with E-state index in [4.69, 9.17) is 14.2 Å². The number of methoxy groups -OCH3 is 1. The van der Waals surface area contributed by atoms with E-state index in [1.807, 2.05) is 6.20 Å². The zero-order valence-electron chi connectivity index (χ0n) is 10.9. The Kier molecular flexibility index (Phi) is 9.27. The summed E-state index contributed by atoms with van der Waals surface area (Å²) < 4.78 is 17.3. The van der Waals surface area contributed by atoms with E-state index in [2.05, 4.69) is 15.6 Å². The van der Waals surface area contributed by atoms with Crippen LogP contribution in [0.3, 0.4) is 0 Å². The van der Waals surface area contributed by atoms with Gasteiger partial charge in [0.15, 0.2) is 0 Å². The summed E-state index contributed by atoms with van der Waals surface area (Å²) in [4.78, 5) is 0. The third-order valence-corrected chi connectivity index (χ3v) is 2.22. The molecule has 7 heteroatoms. The summed E-state index contributed by atoms with van der Waals surface area (Å²) in [6.07, 6.45) is 3.52. The first kappa shape index (κ1) is 15.0. The third kappa shape index (κ3) is 8.13. The standard InChI is InChI=1S/C11H22N4O3/c1-16-8-9-18-11-10-17-7-4-12-2-5-15-6-3-13-14-15/h3,6,12H,2,4-5,7-11H2,1H3. The highest BCUT2D eigenvalue weighted by Crippen LogP contribution is 1.80. The number of hydrogen-bond donors (Lipinski definition) is 1. The lowest BCUT2D eigenvalue weighted by Crippen LogP contribution is -2.24. The van der Waals surface area contributed by atoms with Crippen LogP contribution in [0.1, 0.15) is 0 Å². The molecule has 1 rings (SSSR count). The fourth-order valence-electron chi connectivity index (χ4n) is 1.28. The third-order valence-electron chi connectivity index (χ3n) is 2.22. The molecule has 1 aromatic heterocycles. The quantitative estimate of drug-likeness (QED) is 0.512. The first-order valence-electron chi connectivity index (χ1n) is 6.12. The summed E-state index contributed by atoms with van der Waals surface area (Å²) in [5.74, 6) is 0. The lowest BCUT2D eigenvalue weighted by atomic mass is 10.5. The van der Waals surface area contributed by atoms with Crippen LogP contribution in [0.25, 0.3) is 0 Å². The average Bonchev–Trinajstić information content (AvgIpc) is 2.89. The molecule has 0 saturated carbocycles. The molecule has 0 fully saturated rings. The van der Waals surface area contributed by atoms with Crippen LogP contribution < -0.4 is 5.32 Å². The molecule has 0 aromatic carbocycles. The Labute approximate surface area is 107 Å². The lowest BCUT2D eigenvalue weighted by Gasteiger charge is -2.06. The van der Waals surface area contributed by atoms with Crippen molar-refractivity contribution in [3.8, 4) is 0 Å². The highest BCUT2D eigenvalue weighted by atomic mass is 16.5. The van der Waals surface area contributed by atoms with E-state index in [0.717, 1.165) is 19.6 Å². The molecule has 0 bridgehead atoms. The van der Waals surface area contributed by atoms with Crippen LogP contribution in [0, 0.1) is 0 Å². The number of hydrogen-bond acceptors (Lipinski definition) is 6. The van der Waals surface area contributed by atoms with Crippen molar-refractivity contribution in [2.24, 2.45) is 0 Å². The van der Waals surface area contributed by atoms with E-state index >= 15 is 0 Å². The molecule has 1 N–H and O–H groups in total. The Balaban J connectivity index is 1.73. The highest BCUT2D eigenvalue weighted by Gasteiger charge is 1.92. The predicted molar refractivity (Wildman–Crippen MR) is 66.4 cm³/mol. The van der Waals surface area contributed by atoms with E-state index in [0.29, 0.717) is 33.0 Å². The summed E-state index contributed by atoms with van der Waals surface area (Å²) in [6.45, 7) is 5.67. The minimum Gasteiger partial charge on any atom is -0.382 e. The fraction of sp³-hybridized carbons (Fsp3) is 0.818. The molecule has 0 aliphatic rings. The van der Waals surface area contributed by atoms with Crippen molar-refractivity contribution < 1.29 is 14.2 Å². The Hall–Kier alpha value is -1.02. The molecule has 1 heterocycles. The molecule has 0 amide bonds. The summed E-state index contributed by atoms with van der Waals surface area (Å²) in [5.41, 5.74) is 0. The number of nitrogens with zero attached hydrogens (tertiary/aromatic N) is 3. The first-order chi connectivity index (χ1) is 8.93. The van der Waals surface area contributed by atoms with Crippen LogP contribution in [0.2, 0.25) is 0 Å². The van der Waals surface area contributed by atoms with Crippen molar-refractivity contribution in [1.29, 1.82) is 0 Å². The summed E-state index contributed by atoms with van der Waals surface area (Å²) >= 11 is 0. The molecule has 0 saturated heterocycles. The van der Waals surface area contributed by atoms with E-state index in [1.165, 1.54) is 0 Å². The number of ether oxygens (including phenoxy) is 3. The Morgan fingerprint density at radius 2 is 1.83 bits per heavy atom. The highest BCUT2D eigenvalue weighted by molar-refractivity contribution is 4.64. The minimum atomic E-state index is 0.613. The topological polar surface area (TPSA) is 70.4 Å². The molecule has 0 unspecified atom stereocenters. The number of aromatic nitrogens is 3. The van der Waals surface area contributed by atoms with Gasteiger partial charge < -0.3 is 19.5 Å². The summed E-state index contributed by atoms with van der Waals surface area (Å²) in [6, 6.07) is 0. The van der Waals surface area contributed by atoms with Crippen molar-refractivity contribution in [2.75, 3.05) is 53.2 Å². The molecule has 0 spiro atoms. The second-order valence-corrected chi connectivity index (χ2v) is 3.63. The van der Waals surface area contributed by atoms with Crippen LogP contribution in [-0.2, 0) is 20.8 Å². The van der Waals surface area contributed by atoms with Crippen LogP contribution in [0.5, 0.6) is 0 Å². The molecule has 18 heavy (non-hydrogen) atoms. The van der Waals surface area contributed by atoms with Gasteiger partial charge in [-0.25, -0.2) is 0 Å². The number of rotatable bonds is 12. The molecular weight excluding hydrogens is 236 g/mol. The molecular formula is C11H22N4O3. The van der Waals surface area contributed by atoms with Gasteiger partial charge in [-0.1, -0.05) is 5.21 Å². The van der Waals surface area contributed by atoms with Crippen LogP contribution in [0.15, 0.2) is 12.4 Å². The van der Waals surface area contributed by atoms with Gasteiger partial charge in [0.1, 0.15) is 0 Å². The van der Waals surface area contributed by atoms with Crippen molar-refractivity contribution in [3.63, 3.8) is 0 Å². The van der Waals surface area contributed by atoms with Crippen molar-refractivity contribution >= 4 is 0 Å². The van der Waals surface area contributed by atoms with Crippen molar-refractivity contribution in [2.45, 2.75) is 6.54 Å². The van der Waals surface area contributed by atoms with Crippen LogP contribution >= 0.6 is 0 Å². The largest absolute Gasteiger partial charge is 0.382 e. The minimum absolute atomic E-state index is 0.613. The zero-order valence-corrected chi connectivity index (χ0v) is 10.9. The average molecular weight is 258 g/mol. The Morgan fingerprint density at radius 1 is 1.06 bits per heavy atom. The van der Waals surface area contributed by atoms with Gasteiger partial charge >= 0.3 is 0 Å². The second-order valence-electron chi connectivity index (χ2n) is 3.63. The summed E-state index contributed by atoms with van der Waals surface area (Å²) in [7, 11) is 1.66. The fourth-order valence-corrected chi connectivity index (χ4v) is 1.28. The summed E-state index contributed by atoms with van der Waals surface area (Å²) in [5, 5.41) is 10.9. The Morgan fingerprint density at radius 3 is 2.56 bits per heavy atom. The molecule has 0 aliphatic heterocycles. The molecule has 104 valence electrons. The van der Waals surface area contributed by atoms with Crippen LogP contribution in [0.4, 0.5) is 0 Å². The maximum Gasteiger partial charge on any atom is 0.0701 e. The van der Waals surface area contributed by atoms with E-state index in [1.54, 1.807) is 18.0 Å². The SMILES string of the molecule is COCCOCCOCCNCCn1ccnn1. The molecule has 0 atom stereocenters. The van der Waals surface area contributed by atoms with E-state index < -0.39 is 0 Å². The van der Waals surface area contributed by atoms with Gasteiger partial charge in [-0.3, -0.25) is 4.68 Å². The predicted octanol–water partition coefficient (Wildman–Crippen LogP) is -0.453. The van der Waals surface area contributed by atoms with E-state index in [-0.39, 0.29) is 0 Å². The van der Waals surface area contributed by atoms with Gasteiger partial charge in [0.25, 0.3) is 0 Å². The molecule has 0 aliphatic carbocycles.